The fraction of sp³-hybridized carbons (Fsp3) is 0.333. The molecule has 1 atom stereocenters. The van der Waals surface area contributed by atoms with Crippen LogP contribution in [0.5, 0.6) is 5.75 Å². The van der Waals surface area contributed by atoms with Gasteiger partial charge in [-0.1, -0.05) is 0 Å². The maximum absolute atomic E-state index is 12.4. The highest BCUT2D eigenvalue weighted by Gasteiger charge is 2.31. The molecule has 27 heavy (non-hydrogen) atoms. The number of ether oxygens (including phenoxy) is 1. The molecule has 1 fully saturated rings. The van der Waals surface area contributed by atoms with Gasteiger partial charge in [-0.25, -0.2) is 4.98 Å². The van der Waals surface area contributed by atoms with E-state index in [9.17, 15) is 18.3 Å². The first kappa shape index (κ1) is 19.0. The second kappa shape index (κ2) is 7.43. The van der Waals surface area contributed by atoms with Gasteiger partial charge in [-0.05, 0) is 36.8 Å². The van der Waals surface area contributed by atoms with Gasteiger partial charge >= 0.3 is 6.36 Å². The van der Waals surface area contributed by atoms with Crippen LogP contribution in [0.25, 0.3) is 0 Å². The van der Waals surface area contributed by atoms with Gasteiger partial charge in [0.2, 0.25) is 0 Å². The van der Waals surface area contributed by atoms with Gasteiger partial charge in [0, 0.05) is 48.6 Å². The Morgan fingerprint density at radius 2 is 2.11 bits per heavy atom. The summed E-state index contributed by atoms with van der Waals surface area (Å²) >= 11 is 0. The van der Waals surface area contributed by atoms with E-state index in [-0.39, 0.29) is 29.5 Å². The third-order valence-corrected chi connectivity index (χ3v) is 4.43. The molecule has 2 aromatic rings. The maximum atomic E-state index is 12.4. The van der Waals surface area contributed by atoms with Gasteiger partial charge in [0.1, 0.15) is 11.6 Å². The number of aromatic nitrogens is 1. The van der Waals surface area contributed by atoms with Crippen molar-refractivity contribution < 1.29 is 23.0 Å². The van der Waals surface area contributed by atoms with E-state index in [0.29, 0.717) is 17.9 Å². The van der Waals surface area contributed by atoms with Crippen LogP contribution in [0.15, 0.2) is 36.5 Å². The third-order valence-electron chi connectivity index (χ3n) is 4.43. The number of anilines is 2. The van der Waals surface area contributed by atoms with Crippen LogP contribution in [0.3, 0.4) is 0 Å². The normalized spacial score (nSPS) is 17.2. The van der Waals surface area contributed by atoms with Crippen molar-refractivity contribution >= 4 is 17.2 Å². The highest BCUT2D eigenvalue weighted by Crippen LogP contribution is 2.28. The van der Waals surface area contributed by atoms with E-state index in [0.717, 1.165) is 25.1 Å². The lowest BCUT2D eigenvalue weighted by Crippen LogP contribution is -2.22. The Bertz CT molecular complexity index is 842. The largest absolute Gasteiger partial charge is 0.573 e. The number of hydrogen-bond acceptors (Lipinski definition) is 6. The summed E-state index contributed by atoms with van der Waals surface area (Å²) < 4.78 is 41.3. The predicted octanol–water partition coefficient (Wildman–Crippen LogP) is 2.80. The number of nitrogens with one attached hydrogen (secondary N) is 1. The number of aliphatic hydroxyl groups excluding tert-OH is 1. The molecule has 1 aliphatic rings. The molecule has 1 aromatic heterocycles. The molecule has 2 heterocycles. The monoisotopic (exact) mass is 380 g/mol. The molecule has 4 N–H and O–H groups in total. The fourth-order valence-corrected chi connectivity index (χ4v) is 3.04. The topological polar surface area (TPSA) is 95.5 Å². The van der Waals surface area contributed by atoms with Gasteiger partial charge in [-0.15, -0.1) is 13.2 Å². The molecule has 1 aromatic carbocycles. The molecule has 0 aliphatic carbocycles. The molecule has 144 valence electrons. The van der Waals surface area contributed by atoms with E-state index in [1.807, 2.05) is 4.90 Å². The number of nitrogen functional groups attached to an aromatic ring is 1. The molecule has 1 saturated heterocycles. The third kappa shape index (κ3) is 4.48. The Kier molecular flexibility index (Phi) is 5.22. The van der Waals surface area contributed by atoms with E-state index >= 15 is 0 Å². The Morgan fingerprint density at radius 1 is 1.33 bits per heavy atom. The van der Waals surface area contributed by atoms with Crippen molar-refractivity contribution in [2.24, 2.45) is 5.92 Å². The van der Waals surface area contributed by atoms with Crippen LogP contribution in [-0.4, -0.2) is 41.9 Å². The molecule has 6 nitrogen and oxygen atoms in total. The summed E-state index contributed by atoms with van der Waals surface area (Å²) in [6.45, 7) is 1.51. The summed E-state index contributed by atoms with van der Waals surface area (Å²) in [7, 11) is 0. The number of pyridine rings is 1. The van der Waals surface area contributed by atoms with Crippen molar-refractivity contribution in [2.45, 2.75) is 12.8 Å². The van der Waals surface area contributed by atoms with Crippen molar-refractivity contribution in [3.05, 3.63) is 47.7 Å². The minimum absolute atomic E-state index is 0.0262. The number of rotatable bonds is 5. The number of alkyl halides is 3. The minimum Gasteiger partial charge on any atom is -0.406 e. The molecular formula is C18H19F3N4O2. The van der Waals surface area contributed by atoms with Crippen molar-refractivity contribution in [3.8, 4) is 5.75 Å². The van der Waals surface area contributed by atoms with Crippen LogP contribution in [-0.2, 0) is 0 Å². The van der Waals surface area contributed by atoms with E-state index in [1.54, 1.807) is 12.1 Å². The van der Waals surface area contributed by atoms with Crippen LogP contribution < -0.4 is 15.4 Å². The van der Waals surface area contributed by atoms with Crippen LogP contribution in [0.4, 0.5) is 24.7 Å². The highest BCUT2D eigenvalue weighted by atomic mass is 19.4. The maximum Gasteiger partial charge on any atom is 0.573 e. The summed E-state index contributed by atoms with van der Waals surface area (Å²) in [6.07, 6.45) is -2.43. The summed E-state index contributed by atoms with van der Waals surface area (Å²) in [5, 5.41) is 17.7. The number of aliphatic hydroxyl groups is 1. The SMILES string of the molecule is N=C(c1ccnc(N2CC[C@H](CO)C2)c1)c1cc(OC(F)(F)F)ccc1N. The van der Waals surface area contributed by atoms with E-state index in [4.69, 9.17) is 11.1 Å². The Hall–Kier alpha value is -2.81. The number of nitrogens with two attached hydrogens (primary N) is 1. The summed E-state index contributed by atoms with van der Waals surface area (Å²) in [5.41, 5.74) is 6.62. The quantitative estimate of drug-likeness (QED) is 0.548. The highest BCUT2D eigenvalue weighted by molar-refractivity contribution is 6.14. The Morgan fingerprint density at radius 3 is 2.78 bits per heavy atom. The molecule has 9 heteroatoms. The average molecular weight is 380 g/mol. The van der Waals surface area contributed by atoms with Crippen LogP contribution in [0, 0.1) is 11.3 Å². The number of halogens is 3. The van der Waals surface area contributed by atoms with Crippen molar-refractivity contribution in [1.82, 2.24) is 4.98 Å². The number of hydrogen-bond donors (Lipinski definition) is 3. The van der Waals surface area contributed by atoms with Crippen molar-refractivity contribution in [2.75, 3.05) is 30.3 Å². The van der Waals surface area contributed by atoms with Crippen LogP contribution in [0.1, 0.15) is 17.5 Å². The molecule has 0 spiro atoms. The Balaban J connectivity index is 1.86. The van der Waals surface area contributed by atoms with Crippen LogP contribution >= 0.6 is 0 Å². The summed E-state index contributed by atoms with van der Waals surface area (Å²) in [5.74, 6) is 0.396. The standard InChI is InChI=1S/C18H19F3N4O2/c19-18(20,21)27-13-1-2-15(22)14(8-13)17(23)12-3-5-24-16(7-12)25-6-4-11(9-25)10-26/h1-3,5,7-8,11,23,26H,4,6,9-10,22H2/t11-/m0/s1. The Labute approximate surface area is 153 Å². The van der Waals surface area contributed by atoms with Gasteiger partial charge in [-0.2, -0.15) is 0 Å². The van der Waals surface area contributed by atoms with E-state index in [2.05, 4.69) is 9.72 Å². The number of nitrogens with zero attached hydrogens (tertiary/aromatic N) is 2. The lowest BCUT2D eigenvalue weighted by atomic mass is 10.0. The second-order valence-corrected chi connectivity index (χ2v) is 6.36. The number of benzene rings is 1. The molecule has 0 amide bonds. The van der Waals surface area contributed by atoms with Gasteiger partial charge in [0.15, 0.2) is 0 Å². The van der Waals surface area contributed by atoms with Crippen molar-refractivity contribution in [1.29, 1.82) is 5.41 Å². The van der Waals surface area contributed by atoms with Gasteiger partial charge < -0.3 is 20.5 Å². The lowest BCUT2D eigenvalue weighted by Gasteiger charge is -2.18. The zero-order valence-corrected chi connectivity index (χ0v) is 14.3. The smallest absolute Gasteiger partial charge is 0.406 e. The molecule has 0 bridgehead atoms. The zero-order valence-electron chi connectivity index (χ0n) is 14.3. The second-order valence-electron chi connectivity index (χ2n) is 6.36. The molecular weight excluding hydrogens is 361 g/mol. The molecule has 1 aliphatic heterocycles. The van der Waals surface area contributed by atoms with E-state index < -0.39 is 12.1 Å². The first-order valence-electron chi connectivity index (χ1n) is 8.33. The van der Waals surface area contributed by atoms with Gasteiger partial charge in [-0.3, -0.25) is 5.41 Å². The van der Waals surface area contributed by atoms with Crippen molar-refractivity contribution in [3.63, 3.8) is 0 Å². The molecule has 0 radical (unpaired) electrons. The predicted molar refractivity (Wildman–Crippen MR) is 95.1 cm³/mol. The molecule has 0 saturated carbocycles. The van der Waals surface area contributed by atoms with Crippen LogP contribution in [0.2, 0.25) is 0 Å². The first-order chi connectivity index (χ1) is 12.8. The minimum atomic E-state index is -4.82. The molecule has 0 unspecified atom stereocenters. The van der Waals surface area contributed by atoms with Gasteiger partial charge in [0.05, 0.1) is 5.71 Å². The summed E-state index contributed by atoms with van der Waals surface area (Å²) in [4.78, 5) is 6.30. The van der Waals surface area contributed by atoms with Gasteiger partial charge in [0.25, 0.3) is 0 Å². The zero-order chi connectivity index (χ0) is 19.6. The fourth-order valence-electron chi connectivity index (χ4n) is 3.04. The first-order valence-corrected chi connectivity index (χ1v) is 8.33. The molecule has 3 rings (SSSR count). The lowest BCUT2D eigenvalue weighted by molar-refractivity contribution is -0.274. The summed E-state index contributed by atoms with van der Waals surface area (Å²) in [6, 6.07) is 6.78. The van der Waals surface area contributed by atoms with E-state index in [1.165, 1.54) is 12.3 Å². The average Bonchev–Trinajstić information content (AvgIpc) is 3.11.